The third-order valence-corrected chi connectivity index (χ3v) is 2.98. The molecule has 2 heterocycles. The molecule has 0 radical (unpaired) electrons. The molecule has 2 aromatic rings. The molecule has 0 saturated heterocycles. The Hall–Kier alpha value is -1.53. The van der Waals surface area contributed by atoms with Gasteiger partial charge in [0, 0.05) is 18.5 Å². The van der Waals surface area contributed by atoms with Gasteiger partial charge in [-0.1, -0.05) is 0 Å². The molecule has 0 spiro atoms. The van der Waals surface area contributed by atoms with Gasteiger partial charge in [-0.2, -0.15) is 0 Å². The normalized spacial score (nSPS) is 10.6. The smallest absolute Gasteiger partial charge is 0.251 e. The van der Waals surface area contributed by atoms with Crippen molar-refractivity contribution in [3.8, 4) is 0 Å². The van der Waals surface area contributed by atoms with Gasteiger partial charge in [0.1, 0.15) is 10.8 Å². The predicted octanol–water partition coefficient (Wildman–Crippen LogP) is 0.984. The average molecular weight is 240 g/mol. The first-order valence-corrected chi connectivity index (χ1v) is 5.41. The Bertz CT molecular complexity index is 550. The molecule has 4 nitrogen and oxygen atoms in total. The van der Waals surface area contributed by atoms with Crippen molar-refractivity contribution in [2.75, 3.05) is 0 Å². The molecule has 84 valence electrons. The van der Waals surface area contributed by atoms with E-state index < -0.39 is 5.82 Å². The second kappa shape index (κ2) is 4.54. The number of hydrogen-bond donors (Lipinski definition) is 1. The van der Waals surface area contributed by atoms with E-state index in [0.29, 0.717) is 5.01 Å². The lowest BCUT2D eigenvalue weighted by Gasteiger charge is -2.01. The molecule has 0 unspecified atom stereocenters. The van der Waals surface area contributed by atoms with E-state index in [9.17, 15) is 9.18 Å². The van der Waals surface area contributed by atoms with E-state index in [1.807, 2.05) is 0 Å². The Morgan fingerprint density at radius 1 is 1.50 bits per heavy atom. The molecule has 0 atom stereocenters. The Labute approximate surface area is 94.6 Å². The van der Waals surface area contributed by atoms with Gasteiger partial charge in [0.25, 0.3) is 5.56 Å². The van der Waals surface area contributed by atoms with Gasteiger partial charge >= 0.3 is 0 Å². The number of halogens is 1. The van der Waals surface area contributed by atoms with Crippen LogP contribution < -0.4 is 5.56 Å². The fraction of sp³-hybridized carbons (Fsp3) is 0.200. The topological polar surface area (TPSA) is 55.1 Å². The quantitative estimate of drug-likeness (QED) is 0.870. The van der Waals surface area contributed by atoms with Crippen molar-refractivity contribution in [2.45, 2.75) is 13.2 Å². The number of aliphatic hydroxyl groups is 1. The van der Waals surface area contributed by atoms with Gasteiger partial charge in [0.15, 0.2) is 0 Å². The van der Waals surface area contributed by atoms with Crippen LogP contribution in [0.2, 0.25) is 0 Å². The van der Waals surface area contributed by atoms with E-state index >= 15 is 0 Å². The minimum atomic E-state index is -0.460. The van der Waals surface area contributed by atoms with Crippen molar-refractivity contribution >= 4 is 11.3 Å². The average Bonchev–Trinajstić information content (AvgIpc) is 2.71. The summed E-state index contributed by atoms with van der Waals surface area (Å²) in [5.74, 6) is -0.460. The highest BCUT2D eigenvalue weighted by molar-refractivity contribution is 7.11. The maximum Gasteiger partial charge on any atom is 0.251 e. The SMILES string of the molecule is O=c1ccc(F)cn1Cc1ncc(CO)s1. The van der Waals surface area contributed by atoms with Gasteiger partial charge < -0.3 is 9.67 Å². The lowest BCUT2D eigenvalue weighted by Crippen LogP contribution is -2.19. The van der Waals surface area contributed by atoms with E-state index in [1.54, 1.807) is 6.20 Å². The van der Waals surface area contributed by atoms with Crippen LogP contribution in [0, 0.1) is 5.82 Å². The number of aromatic nitrogens is 2. The highest BCUT2D eigenvalue weighted by Crippen LogP contribution is 2.13. The van der Waals surface area contributed by atoms with Crippen LogP contribution in [-0.4, -0.2) is 14.7 Å². The van der Waals surface area contributed by atoms with Crippen molar-refractivity contribution in [3.63, 3.8) is 0 Å². The van der Waals surface area contributed by atoms with Crippen molar-refractivity contribution in [2.24, 2.45) is 0 Å². The summed E-state index contributed by atoms with van der Waals surface area (Å²) in [5, 5.41) is 9.52. The first-order valence-electron chi connectivity index (χ1n) is 4.59. The van der Waals surface area contributed by atoms with Gasteiger partial charge in [-0.15, -0.1) is 11.3 Å². The van der Waals surface area contributed by atoms with Crippen molar-refractivity contribution in [1.29, 1.82) is 0 Å². The minimum absolute atomic E-state index is 0.0737. The van der Waals surface area contributed by atoms with Crippen LogP contribution in [0.4, 0.5) is 4.39 Å². The van der Waals surface area contributed by atoms with E-state index in [0.717, 1.165) is 17.1 Å². The lowest BCUT2D eigenvalue weighted by atomic mass is 10.4. The monoisotopic (exact) mass is 240 g/mol. The molecule has 0 saturated carbocycles. The fourth-order valence-electron chi connectivity index (χ4n) is 1.27. The molecule has 0 fully saturated rings. The van der Waals surface area contributed by atoms with Crippen LogP contribution in [-0.2, 0) is 13.2 Å². The van der Waals surface area contributed by atoms with Crippen molar-refractivity contribution < 1.29 is 9.50 Å². The zero-order valence-corrected chi connectivity index (χ0v) is 9.08. The molecule has 0 amide bonds. The van der Waals surface area contributed by atoms with E-state index in [-0.39, 0.29) is 18.7 Å². The van der Waals surface area contributed by atoms with Crippen LogP contribution in [0.3, 0.4) is 0 Å². The molecule has 2 rings (SSSR count). The number of pyridine rings is 1. The summed E-state index contributed by atoms with van der Waals surface area (Å²) in [6, 6.07) is 2.30. The molecule has 0 aliphatic carbocycles. The molecular formula is C10H9FN2O2S. The molecule has 0 bridgehead atoms. The number of rotatable bonds is 3. The number of nitrogens with zero attached hydrogens (tertiary/aromatic N) is 2. The molecule has 6 heteroatoms. The largest absolute Gasteiger partial charge is 0.391 e. The molecule has 0 aromatic carbocycles. The van der Waals surface area contributed by atoms with Crippen LogP contribution in [0.15, 0.2) is 29.3 Å². The number of thiazole rings is 1. The zero-order valence-electron chi connectivity index (χ0n) is 8.26. The van der Waals surface area contributed by atoms with E-state index in [1.165, 1.54) is 22.0 Å². The second-order valence-corrected chi connectivity index (χ2v) is 4.39. The summed E-state index contributed by atoms with van der Waals surface area (Å²) in [6.45, 7) is 0.150. The van der Waals surface area contributed by atoms with Gasteiger partial charge in [0.2, 0.25) is 0 Å². The van der Waals surface area contributed by atoms with Crippen LogP contribution in [0.1, 0.15) is 9.88 Å². The first-order chi connectivity index (χ1) is 7.69. The van der Waals surface area contributed by atoms with Gasteiger partial charge in [0.05, 0.1) is 18.0 Å². The summed E-state index contributed by atoms with van der Waals surface area (Å²) in [7, 11) is 0. The van der Waals surface area contributed by atoms with Crippen molar-refractivity contribution in [3.05, 3.63) is 50.6 Å². The zero-order chi connectivity index (χ0) is 11.5. The molecule has 0 aliphatic rings. The van der Waals surface area contributed by atoms with Crippen LogP contribution in [0.5, 0.6) is 0 Å². The third-order valence-electron chi connectivity index (χ3n) is 2.01. The Kier molecular flexibility index (Phi) is 3.12. The standard InChI is InChI=1S/C10H9FN2O2S/c11-7-1-2-10(15)13(4-7)5-9-12-3-8(6-14)16-9/h1-4,14H,5-6H2. The summed E-state index contributed by atoms with van der Waals surface area (Å²) >= 11 is 1.30. The number of aliphatic hydroxyl groups excluding tert-OH is 1. The van der Waals surface area contributed by atoms with Crippen LogP contribution >= 0.6 is 11.3 Å². The lowest BCUT2D eigenvalue weighted by molar-refractivity contribution is 0.285. The fourth-order valence-corrected chi connectivity index (χ4v) is 2.05. The van der Waals surface area contributed by atoms with Crippen molar-refractivity contribution in [1.82, 2.24) is 9.55 Å². The van der Waals surface area contributed by atoms with Gasteiger partial charge in [-0.3, -0.25) is 4.79 Å². The third kappa shape index (κ3) is 2.34. The molecule has 2 aromatic heterocycles. The predicted molar refractivity (Wildman–Crippen MR) is 57.8 cm³/mol. The maximum absolute atomic E-state index is 12.9. The highest BCUT2D eigenvalue weighted by atomic mass is 32.1. The highest BCUT2D eigenvalue weighted by Gasteiger charge is 2.04. The van der Waals surface area contributed by atoms with Crippen LogP contribution in [0.25, 0.3) is 0 Å². The summed E-state index contributed by atoms with van der Waals surface area (Å²) in [4.78, 5) is 16.1. The van der Waals surface area contributed by atoms with E-state index in [2.05, 4.69) is 4.98 Å². The molecule has 16 heavy (non-hydrogen) atoms. The number of hydrogen-bond acceptors (Lipinski definition) is 4. The van der Waals surface area contributed by atoms with Gasteiger partial charge in [-0.25, -0.2) is 9.37 Å². The maximum atomic E-state index is 12.9. The van der Waals surface area contributed by atoms with Gasteiger partial charge in [-0.05, 0) is 6.07 Å². The minimum Gasteiger partial charge on any atom is -0.391 e. The van der Waals surface area contributed by atoms with E-state index in [4.69, 9.17) is 5.11 Å². The molecular weight excluding hydrogens is 231 g/mol. The summed E-state index contributed by atoms with van der Waals surface area (Å²) in [5.41, 5.74) is -0.276. The summed E-state index contributed by atoms with van der Waals surface area (Å²) in [6.07, 6.45) is 2.69. The second-order valence-electron chi connectivity index (χ2n) is 3.19. The molecule has 0 aliphatic heterocycles. The summed E-state index contributed by atoms with van der Waals surface area (Å²) < 4.78 is 14.1. The Morgan fingerprint density at radius 2 is 2.31 bits per heavy atom. The Balaban J connectivity index is 2.26. The first kappa shape index (κ1) is 11.0. The Morgan fingerprint density at radius 3 is 3.00 bits per heavy atom. The molecule has 1 N–H and O–H groups in total.